The second-order valence-electron chi connectivity index (χ2n) is 3.60. The summed E-state index contributed by atoms with van der Waals surface area (Å²) in [4.78, 5) is 0. The predicted octanol–water partition coefficient (Wildman–Crippen LogP) is 2.81. The molecule has 0 radical (unpaired) electrons. The first kappa shape index (κ1) is 11.8. The fraction of sp³-hybridized carbons (Fsp3) is 0.400. The van der Waals surface area contributed by atoms with Crippen molar-refractivity contribution in [3.8, 4) is 5.75 Å². The monoisotopic (exact) mass is 220 g/mol. The molecule has 0 aliphatic carbocycles. The fourth-order valence-electron chi connectivity index (χ4n) is 1.19. The van der Waals surface area contributed by atoms with Gasteiger partial charge in [-0.15, -0.1) is 13.2 Å². The summed E-state index contributed by atoms with van der Waals surface area (Å²) in [6.45, 7) is 2.79. The van der Waals surface area contributed by atoms with E-state index in [4.69, 9.17) is 0 Å². The van der Waals surface area contributed by atoms with Gasteiger partial charge in [0, 0.05) is 5.56 Å². The van der Waals surface area contributed by atoms with Gasteiger partial charge < -0.3 is 9.84 Å². The third-order valence-corrected chi connectivity index (χ3v) is 1.77. The van der Waals surface area contributed by atoms with Crippen molar-refractivity contribution in [2.24, 2.45) is 0 Å². The minimum absolute atomic E-state index is 0.0994. The lowest BCUT2D eigenvalue weighted by Gasteiger charge is -2.21. The molecule has 0 atom stereocenters. The number of hydrogen-bond acceptors (Lipinski definition) is 2. The highest BCUT2D eigenvalue weighted by atomic mass is 19.4. The zero-order chi connectivity index (χ0) is 11.7. The number of aliphatic hydroxyl groups is 1. The lowest BCUT2D eigenvalue weighted by atomic mass is 9.97. The van der Waals surface area contributed by atoms with Crippen LogP contribution in [0.15, 0.2) is 24.3 Å². The SMILES string of the molecule is CC(C)(O)c1ccccc1OC(F)(F)F. The van der Waals surface area contributed by atoms with Gasteiger partial charge in [-0.2, -0.15) is 0 Å². The van der Waals surface area contributed by atoms with E-state index in [9.17, 15) is 18.3 Å². The largest absolute Gasteiger partial charge is 0.573 e. The van der Waals surface area contributed by atoms with Gasteiger partial charge in [0.05, 0.1) is 5.60 Å². The highest BCUT2D eigenvalue weighted by Crippen LogP contribution is 2.32. The normalized spacial score (nSPS) is 12.7. The van der Waals surface area contributed by atoms with Crippen molar-refractivity contribution in [1.29, 1.82) is 0 Å². The molecule has 0 aliphatic heterocycles. The van der Waals surface area contributed by atoms with E-state index in [-0.39, 0.29) is 11.3 Å². The topological polar surface area (TPSA) is 29.5 Å². The first-order chi connectivity index (χ1) is 6.70. The van der Waals surface area contributed by atoms with Crippen molar-refractivity contribution in [2.45, 2.75) is 25.8 Å². The highest BCUT2D eigenvalue weighted by molar-refractivity contribution is 5.37. The summed E-state index contributed by atoms with van der Waals surface area (Å²) >= 11 is 0. The first-order valence-corrected chi connectivity index (χ1v) is 4.28. The van der Waals surface area contributed by atoms with Crippen LogP contribution in [0.3, 0.4) is 0 Å². The summed E-state index contributed by atoms with van der Waals surface area (Å²) in [5.74, 6) is -0.377. The van der Waals surface area contributed by atoms with Crippen LogP contribution in [0.25, 0.3) is 0 Å². The molecule has 0 aromatic heterocycles. The molecule has 1 aromatic carbocycles. The molecule has 15 heavy (non-hydrogen) atoms. The molecule has 0 saturated heterocycles. The maximum atomic E-state index is 12.0. The summed E-state index contributed by atoms with van der Waals surface area (Å²) in [5, 5.41) is 9.62. The second kappa shape index (κ2) is 3.73. The van der Waals surface area contributed by atoms with Crippen LogP contribution in [0.4, 0.5) is 13.2 Å². The van der Waals surface area contributed by atoms with Crippen LogP contribution in [0.2, 0.25) is 0 Å². The van der Waals surface area contributed by atoms with Crippen LogP contribution in [0.5, 0.6) is 5.75 Å². The van der Waals surface area contributed by atoms with Gasteiger partial charge in [0.1, 0.15) is 5.75 Å². The molecule has 1 rings (SSSR count). The molecule has 0 spiro atoms. The maximum absolute atomic E-state index is 12.0. The van der Waals surface area contributed by atoms with Crippen LogP contribution >= 0.6 is 0 Å². The molecule has 0 fully saturated rings. The van der Waals surface area contributed by atoms with E-state index >= 15 is 0 Å². The maximum Gasteiger partial charge on any atom is 0.573 e. The van der Waals surface area contributed by atoms with Gasteiger partial charge in [0.25, 0.3) is 0 Å². The molecule has 1 aromatic rings. The molecular weight excluding hydrogens is 209 g/mol. The Labute approximate surface area is 85.3 Å². The van der Waals surface area contributed by atoms with Gasteiger partial charge >= 0.3 is 6.36 Å². The Balaban J connectivity index is 3.08. The van der Waals surface area contributed by atoms with E-state index < -0.39 is 12.0 Å². The molecule has 0 amide bonds. The Morgan fingerprint density at radius 2 is 1.67 bits per heavy atom. The summed E-state index contributed by atoms with van der Waals surface area (Å²) < 4.78 is 39.8. The quantitative estimate of drug-likeness (QED) is 0.830. The zero-order valence-electron chi connectivity index (χ0n) is 8.30. The van der Waals surface area contributed by atoms with E-state index in [2.05, 4.69) is 4.74 Å². The first-order valence-electron chi connectivity index (χ1n) is 4.28. The lowest BCUT2D eigenvalue weighted by Crippen LogP contribution is -2.22. The standard InChI is InChI=1S/C10H11F3O2/c1-9(2,14)7-5-3-4-6-8(7)15-10(11,12)13/h3-6,14H,1-2H3. The molecule has 0 aliphatic rings. The van der Waals surface area contributed by atoms with Crippen molar-refractivity contribution >= 4 is 0 Å². The predicted molar refractivity (Wildman–Crippen MR) is 48.4 cm³/mol. The van der Waals surface area contributed by atoms with Crippen molar-refractivity contribution in [2.75, 3.05) is 0 Å². The van der Waals surface area contributed by atoms with E-state index in [0.717, 1.165) is 0 Å². The second-order valence-corrected chi connectivity index (χ2v) is 3.60. The van der Waals surface area contributed by atoms with Gasteiger partial charge in [0.15, 0.2) is 0 Å². The number of alkyl halides is 3. The third-order valence-electron chi connectivity index (χ3n) is 1.77. The van der Waals surface area contributed by atoms with Crippen LogP contribution < -0.4 is 4.74 Å². The van der Waals surface area contributed by atoms with Crippen molar-refractivity contribution in [1.82, 2.24) is 0 Å². The highest BCUT2D eigenvalue weighted by Gasteiger charge is 2.33. The average molecular weight is 220 g/mol. The molecule has 5 heteroatoms. The van der Waals surface area contributed by atoms with Gasteiger partial charge in [0.2, 0.25) is 0 Å². The smallest absolute Gasteiger partial charge is 0.405 e. The molecule has 84 valence electrons. The molecule has 0 unspecified atom stereocenters. The number of halogens is 3. The lowest BCUT2D eigenvalue weighted by molar-refractivity contribution is -0.275. The van der Waals surface area contributed by atoms with Gasteiger partial charge in [-0.3, -0.25) is 0 Å². The molecule has 0 saturated carbocycles. The Morgan fingerprint density at radius 1 is 1.13 bits per heavy atom. The molecule has 1 N–H and O–H groups in total. The Morgan fingerprint density at radius 3 is 2.13 bits per heavy atom. The summed E-state index contributed by atoms with van der Waals surface area (Å²) in [6.07, 6.45) is -4.75. The summed E-state index contributed by atoms with van der Waals surface area (Å²) in [5.41, 5.74) is -1.27. The van der Waals surface area contributed by atoms with Crippen LogP contribution in [0, 0.1) is 0 Å². The van der Waals surface area contributed by atoms with E-state index in [1.165, 1.54) is 38.1 Å². The van der Waals surface area contributed by atoms with Crippen LogP contribution in [-0.2, 0) is 5.60 Å². The van der Waals surface area contributed by atoms with Gasteiger partial charge in [-0.05, 0) is 19.9 Å². The number of benzene rings is 1. The minimum Gasteiger partial charge on any atom is -0.405 e. The Hall–Kier alpha value is -1.23. The number of ether oxygens (including phenoxy) is 1. The number of hydrogen-bond donors (Lipinski definition) is 1. The van der Waals surface area contributed by atoms with Gasteiger partial charge in [-0.1, -0.05) is 18.2 Å². The van der Waals surface area contributed by atoms with E-state index in [1.54, 1.807) is 0 Å². The van der Waals surface area contributed by atoms with Crippen LogP contribution in [0.1, 0.15) is 19.4 Å². The summed E-state index contributed by atoms with van der Waals surface area (Å²) in [6, 6.07) is 5.51. The van der Waals surface area contributed by atoms with E-state index in [1.807, 2.05) is 0 Å². The zero-order valence-corrected chi connectivity index (χ0v) is 8.30. The Bertz CT molecular complexity index is 339. The van der Waals surface area contributed by atoms with Crippen molar-refractivity contribution in [3.63, 3.8) is 0 Å². The molecule has 0 bridgehead atoms. The Kier molecular flexibility index (Phi) is 2.95. The fourth-order valence-corrected chi connectivity index (χ4v) is 1.19. The third kappa shape index (κ3) is 3.43. The average Bonchev–Trinajstić information content (AvgIpc) is 1.99. The number of para-hydroxylation sites is 1. The summed E-state index contributed by atoms with van der Waals surface area (Å²) in [7, 11) is 0. The van der Waals surface area contributed by atoms with Crippen LogP contribution in [-0.4, -0.2) is 11.5 Å². The van der Waals surface area contributed by atoms with Crippen molar-refractivity contribution in [3.05, 3.63) is 29.8 Å². The van der Waals surface area contributed by atoms with Crippen molar-refractivity contribution < 1.29 is 23.0 Å². The molecule has 0 heterocycles. The minimum atomic E-state index is -4.75. The molecule has 2 nitrogen and oxygen atoms in total. The van der Waals surface area contributed by atoms with Gasteiger partial charge in [-0.25, -0.2) is 0 Å². The number of rotatable bonds is 2. The molecular formula is C10H11F3O2. The van der Waals surface area contributed by atoms with E-state index in [0.29, 0.717) is 0 Å².